The summed E-state index contributed by atoms with van der Waals surface area (Å²) in [5.74, 6) is -0.778. The van der Waals surface area contributed by atoms with E-state index in [0.717, 1.165) is 11.8 Å². The molecule has 0 saturated carbocycles. The highest BCUT2D eigenvalue weighted by molar-refractivity contribution is 8.00. The molecule has 138 valence electrons. The van der Waals surface area contributed by atoms with Gasteiger partial charge in [0.2, 0.25) is 21.1 Å². The fourth-order valence-electron chi connectivity index (χ4n) is 2.53. The summed E-state index contributed by atoms with van der Waals surface area (Å²) in [5, 5.41) is 26.0. The number of carboxylic acids is 1. The van der Waals surface area contributed by atoms with E-state index in [0.29, 0.717) is 17.3 Å². The number of carbonyl (C=O) groups excluding carboxylic acids is 1. The first-order valence-electron chi connectivity index (χ1n) is 7.24. The van der Waals surface area contributed by atoms with Crippen molar-refractivity contribution in [1.29, 1.82) is 0 Å². The smallest absolute Gasteiger partial charge is 0.313 e. The first-order chi connectivity index (χ1) is 11.7. The number of carboxylic acid groups (broad SMARTS) is 1. The zero-order valence-corrected chi connectivity index (χ0v) is 15.4. The van der Waals surface area contributed by atoms with Gasteiger partial charge in [0, 0.05) is 18.1 Å². The number of aliphatic carboxylic acids is 1. The van der Waals surface area contributed by atoms with Gasteiger partial charge in [0.05, 0.1) is 24.1 Å². The van der Waals surface area contributed by atoms with Crippen LogP contribution in [0.25, 0.3) is 0 Å². The highest BCUT2D eigenvalue weighted by atomic mass is 32.2. The predicted octanol–water partition coefficient (Wildman–Crippen LogP) is -1.57. The van der Waals surface area contributed by atoms with E-state index < -0.39 is 21.4 Å². The van der Waals surface area contributed by atoms with Crippen LogP contribution in [0.2, 0.25) is 0 Å². The number of fused-ring (bicyclic) bond motifs is 1. The van der Waals surface area contributed by atoms with E-state index >= 15 is 0 Å². The third-order valence-electron chi connectivity index (χ3n) is 4.06. The summed E-state index contributed by atoms with van der Waals surface area (Å²) in [6, 6.07) is 0. The Bertz CT molecular complexity index is 798. The first kappa shape index (κ1) is 18.4. The lowest BCUT2D eigenvalue weighted by Crippen LogP contribution is -2.61. The number of thioether (sulfide) groups is 2. The number of carbonyl (C=O) groups is 2. The molecule has 1 unspecified atom stereocenters. The van der Waals surface area contributed by atoms with Crippen LogP contribution in [-0.4, -0.2) is 79.7 Å². The molecule has 0 radical (unpaired) electrons. The van der Waals surface area contributed by atoms with E-state index in [4.69, 9.17) is 5.14 Å². The Morgan fingerprint density at radius 3 is 2.92 bits per heavy atom. The van der Waals surface area contributed by atoms with Gasteiger partial charge >= 0.3 is 5.97 Å². The SMILES string of the molecule is NS(=O)(=O)CCn1nnnc1SCC1(C(=O)O)CS[C@@H]2CC(=O)N2C1. The summed E-state index contributed by atoms with van der Waals surface area (Å²) < 4.78 is 23.4. The number of hydrogen-bond acceptors (Lipinski definition) is 9. The van der Waals surface area contributed by atoms with Crippen LogP contribution >= 0.6 is 23.5 Å². The number of tetrazole rings is 1. The van der Waals surface area contributed by atoms with Crippen LogP contribution in [0.15, 0.2) is 5.16 Å². The standard InChI is InChI=1S/C11H16N6O5S3/c12-25(21,22)2-1-17-10(13-14-15-17)24-6-11(9(19)20)4-16-7(18)3-8(16)23-5-11/h8H,1-6H2,(H,19,20)(H2,12,21,22)/t8-,11?/m1/s1. The normalized spacial score (nSPS) is 26.2. The van der Waals surface area contributed by atoms with Gasteiger partial charge in [0.15, 0.2) is 0 Å². The molecule has 2 atom stereocenters. The van der Waals surface area contributed by atoms with Gasteiger partial charge in [-0.2, -0.15) is 0 Å². The van der Waals surface area contributed by atoms with Gasteiger partial charge in [-0.15, -0.1) is 16.9 Å². The minimum absolute atomic E-state index is 0.0182. The maximum atomic E-state index is 11.8. The van der Waals surface area contributed by atoms with Crippen molar-refractivity contribution in [3.8, 4) is 0 Å². The molecule has 3 heterocycles. The molecule has 0 bridgehead atoms. The summed E-state index contributed by atoms with van der Waals surface area (Å²) in [6.45, 7) is 0.139. The van der Waals surface area contributed by atoms with Crippen molar-refractivity contribution < 1.29 is 23.1 Å². The Morgan fingerprint density at radius 2 is 2.28 bits per heavy atom. The van der Waals surface area contributed by atoms with Crippen molar-refractivity contribution in [2.75, 3.05) is 23.8 Å². The molecule has 1 aromatic rings. The van der Waals surface area contributed by atoms with Crippen molar-refractivity contribution in [2.45, 2.75) is 23.5 Å². The average molecular weight is 408 g/mol. The Balaban J connectivity index is 1.68. The molecule has 1 amide bonds. The molecule has 11 nitrogen and oxygen atoms in total. The van der Waals surface area contributed by atoms with E-state index in [1.54, 1.807) is 4.90 Å². The summed E-state index contributed by atoms with van der Waals surface area (Å²) in [5.41, 5.74) is -1.10. The maximum Gasteiger partial charge on any atom is 0.313 e. The largest absolute Gasteiger partial charge is 0.481 e. The van der Waals surface area contributed by atoms with Gasteiger partial charge in [-0.25, -0.2) is 18.2 Å². The number of amides is 1. The van der Waals surface area contributed by atoms with Crippen molar-refractivity contribution in [2.24, 2.45) is 10.6 Å². The third kappa shape index (κ3) is 3.91. The van der Waals surface area contributed by atoms with E-state index in [2.05, 4.69) is 15.5 Å². The summed E-state index contributed by atoms with van der Waals surface area (Å²) in [7, 11) is -3.66. The van der Waals surface area contributed by atoms with Crippen molar-refractivity contribution in [3.05, 3.63) is 0 Å². The molecule has 3 N–H and O–H groups in total. The Kier molecular flexibility index (Phi) is 4.96. The van der Waals surface area contributed by atoms with Gasteiger partial charge < -0.3 is 10.0 Å². The monoisotopic (exact) mass is 408 g/mol. The molecule has 2 aliphatic rings. The minimum Gasteiger partial charge on any atom is -0.481 e. The van der Waals surface area contributed by atoms with Gasteiger partial charge in [-0.05, 0) is 10.4 Å². The van der Waals surface area contributed by atoms with Crippen LogP contribution in [0, 0.1) is 5.41 Å². The molecule has 0 aromatic carbocycles. The fourth-order valence-corrected chi connectivity index (χ4v) is 5.64. The minimum atomic E-state index is -3.66. The van der Waals surface area contributed by atoms with Crippen LogP contribution in [0.5, 0.6) is 0 Å². The molecule has 0 spiro atoms. The molecule has 3 rings (SSSR count). The second-order valence-corrected chi connectivity index (χ2v) is 9.76. The van der Waals surface area contributed by atoms with E-state index in [9.17, 15) is 23.1 Å². The number of hydrogen-bond donors (Lipinski definition) is 2. The Labute approximate surface area is 151 Å². The van der Waals surface area contributed by atoms with Crippen LogP contribution in [0.3, 0.4) is 0 Å². The highest BCUT2D eigenvalue weighted by Crippen LogP contribution is 2.43. The van der Waals surface area contributed by atoms with Gasteiger partial charge in [-0.1, -0.05) is 11.8 Å². The zero-order chi connectivity index (χ0) is 18.2. The molecule has 2 saturated heterocycles. The fraction of sp³-hybridized carbons (Fsp3) is 0.727. The Hall–Kier alpha value is -1.38. The summed E-state index contributed by atoms with van der Waals surface area (Å²) in [4.78, 5) is 25.1. The van der Waals surface area contributed by atoms with Gasteiger partial charge in [0.25, 0.3) is 0 Å². The second-order valence-electron chi connectivity index (χ2n) is 5.92. The first-order valence-corrected chi connectivity index (χ1v) is 11.0. The number of nitrogens with two attached hydrogens (primary N) is 1. The number of primary sulfonamides is 1. The van der Waals surface area contributed by atoms with Gasteiger partial charge in [-0.3, -0.25) is 9.59 Å². The van der Waals surface area contributed by atoms with E-state index in [1.807, 2.05) is 0 Å². The number of nitrogens with zero attached hydrogens (tertiary/aromatic N) is 5. The lowest BCUT2D eigenvalue weighted by Gasteiger charge is -2.49. The molecular weight excluding hydrogens is 392 g/mol. The van der Waals surface area contributed by atoms with Crippen molar-refractivity contribution in [3.63, 3.8) is 0 Å². The van der Waals surface area contributed by atoms with E-state index in [1.165, 1.54) is 16.4 Å². The summed E-state index contributed by atoms with van der Waals surface area (Å²) >= 11 is 2.59. The molecule has 25 heavy (non-hydrogen) atoms. The van der Waals surface area contributed by atoms with Crippen LogP contribution < -0.4 is 5.14 Å². The molecule has 2 aliphatic heterocycles. The lowest BCUT2D eigenvalue weighted by molar-refractivity contribution is -0.153. The lowest BCUT2D eigenvalue weighted by atomic mass is 9.90. The Morgan fingerprint density at radius 1 is 1.52 bits per heavy atom. The van der Waals surface area contributed by atoms with Crippen LogP contribution in [0.4, 0.5) is 0 Å². The number of aryl methyl sites for hydroxylation is 1. The molecule has 1 aromatic heterocycles. The summed E-state index contributed by atoms with van der Waals surface area (Å²) in [6.07, 6.45) is 0.458. The topological polar surface area (TPSA) is 161 Å². The van der Waals surface area contributed by atoms with E-state index in [-0.39, 0.29) is 35.9 Å². The molecule has 2 fully saturated rings. The van der Waals surface area contributed by atoms with Gasteiger partial charge in [0.1, 0.15) is 5.41 Å². The predicted molar refractivity (Wildman–Crippen MR) is 89.2 cm³/mol. The third-order valence-corrected chi connectivity index (χ3v) is 7.58. The number of β-lactam (4-membered cyclic amide) rings is 1. The maximum absolute atomic E-state index is 11.8. The average Bonchev–Trinajstić information content (AvgIpc) is 2.97. The quantitative estimate of drug-likeness (QED) is 0.398. The number of sulfonamides is 1. The van der Waals surface area contributed by atoms with Crippen LogP contribution in [0.1, 0.15) is 6.42 Å². The molecule has 0 aliphatic carbocycles. The number of rotatable bonds is 7. The number of aromatic nitrogens is 4. The van der Waals surface area contributed by atoms with Crippen molar-refractivity contribution in [1.82, 2.24) is 25.1 Å². The van der Waals surface area contributed by atoms with Crippen molar-refractivity contribution >= 4 is 45.4 Å². The molecular formula is C11H16N6O5S3. The zero-order valence-electron chi connectivity index (χ0n) is 12.9. The second kappa shape index (κ2) is 6.74. The molecule has 14 heteroatoms. The highest BCUT2D eigenvalue weighted by Gasteiger charge is 2.51. The van der Waals surface area contributed by atoms with Crippen LogP contribution in [-0.2, 0) is 26.2 Å².